The molecular formula is C14H27N3O4S. The molecule has 0 saturated carbocycles. The van der Waals surface area contributed by atoms with Crippen LogP contribution in [0.25, 0.3) is 0 Å². The summed E-state index contributed by atoms with van der Waals surface area (Å²) in [5.41, 5.74) is 0. The Labute approximate surface area is 136 Å². The van der Waals surface area contributed by atoms with E-state index in [1.807, 2.05) is 23.7 Å². The third kappa shape index (κ3) is 4.99. The van der Waals surface area contributed by atoms with Crippen molar-refractivity contribution < 1.29 is 19.7 Å². The fourth-order valence-corrected chi connectivity index (χ4v) is 4.49. The minimum atomic E-state index is -0.447. The van der Waals surface area contributed by atoms with Crippen molar-refractivity contribution >= 4 is 17.8 Å². The first-order valence-corrected chi connectivity index (χ1v) is 8.89. The Hall–Kier alpha value is -0.540. The molecule has 2 aliphatic heterocycles. The second-order valence-electron chi connectivity index (χ2n) is 5.86. The van der Waals surface area contributed by atoms with E-state index < -0.39 is 6.23 Å². The van der Waals surface area contributed by atoms with Crippen molar-refractivity contribution in [2.24, 2.45) is 0 Å². The van der Waals surface area contributed by atoms with Gasteiger partial charge in [0, 0.05) is 17.5 Å². The highest BCUT2D eigenvalue weighted by atomic mass is 32.2. The Kier molecular flexibility index (Phi) is 7.23. The van der Waals surface area contributed by atoms with Crippen LogP contribution in [-0.2, 0) is 9.78 Å². The van der Waals surface area contributed by atoms with Crippen molar-refractivity contribution in [3.8, 4) is 0 Å². The number of hydrogen-bond acceptors (Lipinski definition) is 6. The van der Waals surface area contributed by atoms with E-state index in [-0.39, 0.29) is 12.1 Å². The van der Waals surface area contributed by atoms with Gasteiger partial charge >= 0.3 is 6.03 Å². The van der Waals surface area contributed by atoms with Gasteiger partial charge in [-0.05, 0) is 26.3 Å². The van der Waals surface area contributed by atoms with Gasteiger partial charge in [-0.25, -0.2) is 14.6 Å². The van der Waals surface area contributed by atoms with Gasteiger partial charge in [-0.15, -0.1) is 0 Å². The number of amides is 2. The number of carbonyl (C=O) groups is 1. The molecular weight excluding hydrogens is 306 g/mol. The summed E-state index contributed by atoms with van der Waals surface area (Å²) in [4.78, 5) is 22.5. The van der Waals surface area contributed by atoms with E-state index >= 15 is 0 Å². The highest BCUT2D eigenvalue weighted by Gasteiger charge is 2.42. The first kappa shape index (κ1) is 17.8. The monoisotopic (exact) mass is 333 g/mol. The molecule has 3 N–H and O–H groups in total. The predicted molar refractivity (Wildman–Crippen MR) is 85.6 cm³/mol. The van der Waals surface area contributed by atoms with Crippen LogP contribution in [0.5, 0.6) is 0 Å². The second kappa shape index (κ2) is 8.93. The lowest BCUT2D eigenvalue weighted by molar-refractivity contribution is -0.274. The lowest BCUT2D eigenvalue weighted by atomic mass is 10.0. The summed E-state index contributed by atoms with van der Waals surface area (Å²) in [5.74, 6) is 0.999. The van der Waals surface area contributed by atoms with Crippen LogP contribution in [0.3, 0.4) is 0 Å². The van der Waals surface area contributed by atoms with E-state index in [9.17, 15) is 9.90 Å². The van der Waals surface area contributed by atoms with Crippen LogP contribution < -0.4 is 10.6 Å². The lowest BCUT2D eigenvalue weighted by Crippen LogP contribution is -2.37. The van der Waals surface area contributed by atoms with E-state index in [0.717, 1.165) is 31.4 Å². The van der Waals surface area contributed by atoms with Gasteiger partial charge in [-0.2, -0.15) is 11.8 Å². The number of carbonyl (C=O) groups excluding carboxylic acids is 1. The van der Waals surface area contributed by atoms with Gasteiger partial charge in [-0.1, -0.05) is 6.42 Å². The van der Waals surface area contributed by atoms with Gasteiger partial charge in [-0.3, -0.25) is 4.90 Å². The molecule has 0 bridgehead atoms. The van der Waals surface area contributed by atoms with Gasteiger partial charge < -0.3 is 15.7 Å². The molecule has 4 unspecified atom stereocenters. The number of aliphatic hydroxyl groups is 1. The number of aliphatic hydroxyl groups excluding tert-OH is 1. The third-order valence-corrected chi connectivity index (χ3v) is 5.80. The van der Waals surface area contributed by atoms with E-state index in [1.165, 1.54) is 7.11 Å². The quantitative estimate of drug-likeness (QED) is 0.178. The predicted octanol–water partition coefficient (Wildman–Crippen LogP) is 0.540. The fraction of sp³-hybridized carbons (Fsp3) is 0.929. The summed E-state index contributed by atoms with van der Waals surface area (Å²) in [5, 5.41) is 16.5. The van der Waals surface area contributed by atoms with Crippen LogP contribution in [0.4, 0.5) is 4.79 Å². The summed E-state index contributed by atoms with van der Waals surface area (Å²) in [6.45, 7) is 1.08. The number of nitrogens with zero attached hydrogens (tertiary/aromatic N) is 1. The van der Waals surface area contributed by atoms with Gasteiger partial charge in [0.1, 0.15) is 6.23 Å². The fourth-order valence-electron chi connectivity index (χ4n) is 2.95. The zero-order chi connectivity index (χ0) is 15.9. The van der Waals surface area contributed by atoms with E-state index in [2.05, 4.69) is 15.5 Å². The first-order chi connectivity index (χ1) is 10.6. The van der Waals surface area contributed by atoms with Crippen molar-refractivity contribution in [2.45, 2.75) is 49.2 Å². The third-order valence-electron chi connectivity index (χ3n) is 4.29. The highest BCUT2D eigenvalue weighted by molar-refractivity contribution is 8.00. The summed E-state index contributed by atoms with van der Waals surface area (Å²) >= 11 is 1.93. The van der Waals surface area contributed by atoms with Crippen LogP contribution in [0.1, 0.15) is 25.7 Å². The molecule has 0 aromatic heterocycles. The molecule has 0 aromatic rings. The molecule has 2 amide bonds. The highest BCUT2D eigenvalue weighted by Crippen LogP contribution is 2.33. The van der Waals surface area contributed by atoms with Crippen molar-refractivity contribution in [3.05, 3.63) is 0 Å². The Morgan fingerprint density at radius 2 is 2.27 bits per heavy atom. The van der Waals surface area contributed by atoms with Gasteiger partial charge in [0.2, 0.25) is 0 Å². The molecule has 0 aromatic carbocycles. The molecule has 2 saturated heterocycles. The molecule has 8 heteroatoms. The number of likely N-dealkylation sites (N-methyl/N-ethyl adjacent to an activating group) is 1. The standard InChI is InChI=1S/C14H27N3O4S/c1-17(7-8-21-20-2)12(18)6-4-3-5-11-13-10(9-22-11)15-14(19)16-13/h10-13,18H,3-9H2,1-2H3,(H2,15,16,19). The van der Waals surface area contributed by atoms with Gasteiger partial charge in [0.25, 0.3) is 0 Å². The van der Waals surface area contributed by atoms with E-state index in [4.69, 9.17) is 4.89 Å². The molecule has 0 aliphatic carbocycles. The number of nitrogens with one attached hydrogen (secondary N) is 2. The molecule has 2 heterocycles. The van der Waals surface area contributed by atoms with E-state index in [0.29, 0.717) is 24.4 Å². The van der Waals surface area contributed by atoms with Gasteiger partial charge in [0.05, 0.1) is 25.8 Å². The molecule has 22 heavy (non-hydrogen) atoms. The summed E-state index contributed by atoms with van der Waals surface area (Å²) < 4.78 is 0. The van der Waals surface area contributed by atoms with Crippen LogP contribution in [0, 0.1) is 0 Å². The number of unbranched alkanes of at least 4 members (excludes halogenated alkanes) is 1. The van der Waals surface area contributed by atoms with Crippen molar-refractivity contribution in [3.63, 3.8) is 0 Å². The van der Waals surface area contributed by atoms with Crippen LogP contribution >= 0.6 is 11.8 Å². The zero-order valence-corrected chi connectivity index (χ0v) is 14.1. The largest absolute Gasteiger partial charge is 0.378 e. The van der Waals surface area contributed by atoms with Crippen LogP contribution in [0.2, 0.25) is 0 Å². The number of fused-ring (bicyclic) bond motifs is 1. The SMILES string of the molecule is COOCCN(C)C(O)CCCCC1SCC2NC(=O)NC21. The first-order valence-electron chi connectivity index (χ1n) is 7.84. The Morgan fingerprint density at radius 1 is 1.45 bits per heavy atom. The Morgan fingerprint density at radius 3 is 3.05 bits per heavy atom. The molecule has 2 aliphatic rings. The molecule has 4 atom stereocenters. The maximum absolute atomic E-state index is 11.3. The molecule has 7 nitrogen and oxygen atoms in total. The minimum Gasteiger partial charge on any atom is -0.378 e. The minimum absolute atomic E-state index is 0.0318. The number of hydrogen-bond donors (Lipinski definition) is 3. The second-order valence-corrected chi connectivity index (χ2v) is 7.13. The topological polar surface area (TPSA) is 83.1 Å². The van der Waals surface area contributed by atoms with Crippen LogP contribution in [-0.4, -0.2) is 72.7 Å². The number of urea groups is 1. The average Bonchev–Trinajstić information content (AvgIpc) is 3.03. The summed E-state index contributed by atoms with van der Waals surface area (Å²) in [7, 11) is 3.35. The lowest BCUT2D eigenvalue weighted by Gasteiger charge is -2.23. The maximum atomic E-state index is 11.3. The normalized spacial score (nSPS) is 28.5. The number of thioether (sulfide) groups is 1. The molecule has 2 rings (SSSR count). The Bertz CT molecular complexity index is 361. The van der Waals surface area contributed by atoms with Crippen molar-refractivity contribution in [2.75, 3.05) is 33.1 Å². The molecule has 0 radical (unpaired) electrons. The Balaban J connectivity index is 1.56. The van der Waals surface area contributed by atoms with Gasteiger partial charge in [0.15, 0.2) is 0 Å². The summed E-state index contributed by atoms with van der Waals surface area (Å²) in [6.07, 6.45) is 3.43. The van der Waals surface area contributed by atoms with Crippen LogP contribution in [0.15, 0.2) is 0 Å². The van der Waals surface area contributed by atoms with Crippen molar-refractivity contribution in [1.29, 1.82) is 0 Å². The molecule has 0 spiro atoms. The zero-order valence-electron chi connectivity index (χ0n) is 13.3. The smallest absolute Gasteiger partial charge is 0.315 e. The molecule has 2 fully saturated rings. The van der Waals surface area contributed by atoms with Crippen molar-refractivity contribution in [1.82, 2.24) is 15.5 Å². The number of rotatable bonds is 10. The summed E-state index contributed by atoms with van der Waals surface area (Å²) in [6, 6.07) is 0.534. The van der Waals surface area contributed by atoms with E-state index in [1.54, 1.807) is 0 Å². The maximum Gasteiger partial charge on any atom is 0.315 e. The average molecular weight is 333 g/mol. The molecule has 128 valence electrons.